The van der Waals surface area contributed by atoms with Crippen molar-refractivity contribution in [3.05, 3.63) is 53.7 Å². The Morgan fingerprint density at radius 3 is 2.45 bits per heavy atom. The van der Waals surface area contributed by atoms with E-state index in [-0.39, 0.29) is 5.97 Å². The first-order valence-electron chi connectivity index (χ1n) is 6.80. The van der Waals surface area contributed by atoms with E-state index in [1.165, 1.54) is 7.11 Å². The molecule has 1 aliphatic heterocycles. The molecular formula is C17H21NO2. The summed E-state index contributed by atoms with van der Waals surface area (Å²) in [5.74, 6) is -0.334. The molecule has 3 heteroatoms. The Labute approximate surface area is 120 Å². The number of allylic oxidation sites excluding steroid dienone is 2. The lowest BCUT2D eigenvalue weighted by atomic mass is 10.0. The van der Waals surface area contributed by atoms with Crippen LogP contribution in [0.1, 0.15) is 32.8 Å². The summed E-state index contributed by atoms with van der Waals surface area (Å²) in [6.45, 7) is 5.81. The number of hydrogen-bond acceptors (Lipinski definition) is 3. The predicted molar refractivity (Wildman–Crippen MR) is 83.6 cm³/mol. The van der Waals surface area contributed by atoms with Gasteiger partial charge in [-0.3, -0.25) is 4.99 Å². The Bertz CT molecular complexity index is 539. The molecule has 1 aromatic carbocycles. The van der Waals surface area contributed by atoms with Crippen LogP contribution in [-0.2, 0) is 9.53 Å². The molecule has 0 saturated carbocycles. The number of methoxy groups -OCH3 is 1. The lowest BCUT2D eigenvalue weighted by Crippen LogP contribution is -2.11. The van der Waals surface area contributed by atoms with Gasteiger partial charge in [0.2, 0.25) is 0 Å². The van der Waals surface area contributed by atoms with Crippen molar-refractivity contribution >= 4 is 17.3 Å². The van der Waals surface area contributed by atoms with E-state index < -0.39 is 0 Å². The number of esters is 1. The van der Waals surface area contributed by atoms with E-state index in [0.29, 0.717) is 17.7 Å². The molecule has 1 aliphatic rings. The summed E-state index contributed by atoms with van der Waals surface area (Å²) in [5.41, 5.74) is 3.44. The van der Waals surface area contributed by atoms with Crippen LogP contribution < -0.4 is 0 Å². The molecule has 0 N–H and O–H groups in total. The highest BCUT2D eigenvalue weighted by Crippen LogP contribution is 2.22. The maximum Gasteiger partial charge on any atom is 0.339 e. The van der Waals surface area contributed by atoms with Crippen LogP contribution in [0.4, 0.5) is 0 Å². The van der Waals surface area contributed by atoms with Crippen LogP contribution >= 0.6 is 0 Å². The van der Waals surface area contributed by atoms with Crippen LogP contribution in [0.25, 0.3) is 5.57 Å². The Hall–Kier alpha value is -2.16. The van der Waals surface area contributed by atoms with Crippen molar-refractivity contribution in [1.82, 2.24) is 0 Å². The molecule has 106 valence electrons. The number of carbonyl (C=O) groups excluding carboxylic acids is 1. The van der Waals surface area contributed by atoms with E-state index in [2.05, 4.69) is 4.99 Å². The molecule has 3 nitrogen and oxygen atoms in total. The van der Waals surface area contributed by atoms with Gasteiger partial charge < -0.3 is 4.74 Å². The Morgan fingerprint density at radius 1 is 1.20 bits per heavy atom. The van der Waals surface area contributed by atoms with Gasteiger partial charge in [0.1, 0.15) is 0 Å². The molecule has 0 aliphatic carbocycles. The Morgan fingerprint density at radius 2 is 1.85 bits per heavy atom. The number of nitrogens with zero attached hydrogens (tertiary/aromatic N) is 1. The van der Waals surface area contributed by atoms with Gasteiger partial charge in [-0.05, 0) is 24.5 Å². The highest BCUT2D eigenvalue weighted by atomic mass is 16.5. The molecule has 0 fully saturated rings. The molecule has 0 saturated heterocycles. The minimum Gasteiger partial charge on any atom is -0.465 e. The fraction of sp³-hybridized carbons (Fsp3) is 0.294. The summed E-state index contributed by atoms with van der Waals surface area (Å²) in [6.07, 6.45) is 4.36. The monoisotopic (exact) mass is 271 g/mol. The van der Waals surface area contributed by atoms with Crippen molar-refractivity contribution in [3.63, 3.8) is 0 Å². The highest BCUT2D eigenvalue weighted by Gasteiger charge is 2.15. The van der Waals surface area contributed by atoms with Crippen molar-refractivity contribution < 1.29 is 9.53 Å². The third kappa shape index (κ3) is 3.92. The Balaban J connectivity index is 0.000000956. The number of hydrogen-bond donors (Lipinski definition) is 0. The second-order valence-electron chi connectivity index (χ2n) is 4.05. The molecule has 0 bridgehead atoms. The van der Waals surface area contributed by atoms with Gasteiger partial charge in [0.15, 0.2) is 0 Å². The van der Waals surface area contributed by atoms with Gasteiger partial charge in [0.05, 0.1) is 18.4 Å². The number of benzene rings is 1. The molecule has 1 aromatic rings. The van der Waals surface area contributed by atoms with E-state index >= 15 is 0 Å². The summed E-state index contributed by atoms with van der Waals surface area (Å²) in [7, 11) is 1.38. The zero-order valence-corrected chi connectivity index (χ0v) is 12.5. The van der Waals surface area contributed by atoms with Crippen molar-refractivity contribution in [3.8, 4) is 0 Å². The van der Waals surface area contributed by atoms with Gasteiger partial charge in [-0.2, -0.15) is 0 Å². The maximum absolute atomic E-state index is 11.6. The summed E-state index contributed by atoms with van der Waals surface area (Å²) in [5, 5.41) is 0. The quantitative estimate of drug-likeness (QED) is 0.762. The lowest BCUT2D eigenvalue weighted by molar-refractivity contribution is -0.135. The van der Waals surface area contributed by atoms with Gasteiger partial charge in [0.25, 0.3) is 0 Å². The summed E-state index contributed by atoms with van der Waals surface area (Å²) < 4.78 is 4.75. The first-order valence-corrected chi connectivity index (χ1v) is 6.80. The van der Waals surface area contributed by atoms with E-state index in [9.17, 15) is 4.79 Å². The fourth-order valence-electron chi connectivity index (χ4n) is 1.84. The molecular weight excluding hydrogens is 250 g/mol. The maximum atomic E-state index is 11.6. The fourth-order valence-corrected chi connectivity index (χ4v) is 1.84. The van der Waals surface area contributed by atoms with Gasteiger partial charge in [-0.1, -0.05) is 50.3 Å². The molecule has 0 amide bonds. The minimum absolute atomic E-state index is 0.334. The molecule has 2 rings (SSSR count). The first kappa shape index (κ1) is 15.9. The van der Waals surface area contributed by atoms with E-state index in [1.807, 2.05) is 63.4 Å². The average Bonchev–Trinajstić information content (AvgIpc) is 2.71. The van der Waals surface area contributed by atoms with Gasteiger partial charge in [-0.15, -0.1) is 0 Å². The SMILES string of the molecule is CC.COC(=O)C1=CCC(c2ccccc2)=CN=C1C. The first-order chi connectivity index (χ1) is 9.72. The third-order valence-corrected chi connectivity index (χ3v) is 2.88. The molecule has 1 heterocycles. The smallest absolute Gasteiger partial charge is 0.339 e. The van der Waals surface area contributed by atoms with Gasteiger partial charge in [-0.25, -0.2) is 4.79 Å². The van der Waals surface area contributed by atoms with Crippen molar-refractivity contribution in [2.75, 3.05) is 7.11 Å². The van der Waals surface area contributed by atoms with Crippen LogP contribution in [0.5, 0.6) is 0 Å². The van der Waals surface area contributed by atoms with E-state index in [4.69, 9.17) is 4.74 Å². The second-order valence-corrected chi connectivity index (χ2v) is 4.05. The molecule has 0 unspecified atom stereocenters. The number of ether oxygens (including phenoxy) is 1. The van der Waals surface area contributed by atoms with Crippen molar-refractivity contribution in [2.45, 2.75) is 27.2 Å². The van der Waals surface area contributed by atoms with Crippen molar-refractivity contribution in [1.29, 1.82) is 0 Å². The van der Waals surface area contributed by atoms with Crippen LogP contribution in [0.15, 0.2) is 53.2 Å². The standard InChI is InChI=1S/C15H15NO2.C2H6/c1-11-14(15(17)18-2)9-8-13(10-16-11)12-6-4-3-5-7-12;1-2/h3-7,9-10H,8H2,1-2H3;1-2H3. The number of aliphatic imine (C=N–C) groups is 1. The molecule has 20 heavy (non-hydrogen) atoms. The molecule has 0 atom stereocenters. The van der Waals surface area contributed by atoms with Crippen LogP contribution in [0.3, 0.4) is 0 Å². The minimum atomic E-state index is -0.334. The molecule has 0 aromatic heterocycles. The molecule has 0 radical (unpaired) electrons. The Kier molecular flexibility index (Phi) is 6.44. The number of carbonyl (C=O) groups is 1. The highest BCUT2D eigenvalue weighted by molar-refractivity contribution is 6.19. The van der Waals surface area contributed by atoms with Crippen molar-refractivity contribution in [2.24, 2.45) is 4.99 Å². The van der Waals surface area contributed by atoms with Crippen LogP contribution in [-0.4, -0.2) is 18.8 Å². The number of rotatable bonds is 2. The largest absolute Gasteiger partial charge is 0.465 e. The predicted octanol–water partition coefficient (Wildman–Crippen LogP) is 4.02. The average molecular weight is 271 g/mol. The summed E-state index contributed by atoms with van der Waals surface area (Å²) in [6, 6.07) is 10.0. The summed E-state index contributed by atoms with van der Waals surface area (Å²) >= 11 is 0. The second kappa shape index (κ2) is 8.10. The third-order valence-electron chi connectivity index (χ3n) is 2.88. The normalized spacial score (nSPS) is 13.9. The van der Waals surface area contributed by atoms with E-state index in [1.54, 1.807) is 0 Å². The topological polar surface area (TPSA) is 38.7 Å². The van der Waals surface area contributed by atoms with Crippen LogP contribution in [0, 0.1) is 0 Å². The lowest BCUT2D eigenvalue weighted by Gasteiger charge is -2.03. The summed E-state index contributed by atoms with van der Waals surface area (Å²) in [4.78, 5) is 15.9. The van der Waals surface area contributed by atoms with E-state index in [0.717, 1.165) is 11.1 Å². The van der Waals surface area contributed by atoms with Gasteiger partial charge in [0, 0.05) is 6.20 Å². The molecule has 0 spiro atoms. The zero-order valence-electron chi connectivity index (χ0n) is 12.5. The van der Waals surface area contributed by atoms with Crippen LogP contribution in [0.2, 0.25) is 0 Å². The zero-order chi connectivity index (χ0) is 15.0. The van der Waals surface area contributed by atoms with Gasteiger partial charge >= 0.3 is 5.97 Å².